The number of fused-ring (bicyclic) bond motifs is 1. The van der Waals surface area contributed by atoms with Crippen LogP contribution >= 0.6 is 0 Å². The molecule has 0 radical (unpaired) electrons. The van der Waals surface area contributed by atoms with Crippen molar-refractivity contribution < 1.29 is 4.74 Å². The summed E-state index contributed by atoms with van der Waals surface area (Å²) in [6.07, 6.45) is 3.95. The smallest absolute Gasteiger partial charge is 0.126 e. The van der Waals surface area contributed by atoms with Gasteiger partial charge in [0, 0.05) is 11.6 Å². The van der Waals surface area contributed by atoms with Crippen LogP contribution in [0.15, 0.2) is 18.2 Å². The summed E-state index contributed by atoms with van der Waals surface area (Å²) in [5.74, 6) is 0.864. The fraction of sp³-hybridized carbons (Fsp3) is 0.526. The zero-order chi connectivity index (χ0) is 15.8. The van der Waals surface area contributed by atoms with Crippen molar-refractivity contribution in [3.05, 3.63) is 34.9 Å². The topological polar surface area (TPSA) is 33.0 Å². The SMILES string of the molecule is COc1cc2c(cc1/C(C)=C\C#N)C(C)(C)CCC2(C)C. The number of hydrogen-bond donors (Lipinski definition) is 0. The third kappa shape index (κ3) is 2.70. The minimum absolute atomic E-state index is 0.165. The number of methoxy groups -OCH3 is 1. The lowest BCUT2D eigenvalue weighted by Gasteiger charge is -2.42. The van der Waals surface area contributed by atoms with Gasteiger partial charge in [0.1, 0.15) is 5.75 Å². The molecule has 0 fully saturated rings. The normalized spacial score (nSPS) is 19.6. The van der Waals surface area contributed by atoms with E-state index in [1.165, 1.54) is 24.0 Å². The number of allylic oxidation sites excluding steroid dienone is 2. The molecule has 0 atom stereocenters. The van der Waals surface area contributed by atoms with Gasteiger partial charge in [-0.2, -0.15) is 5.26 Å². The standard InChI is InChI=1S/C19H25NO/c1-13(7-10-20)14-11-15-16(12-17(14)21-6)19(4,5)9-8-18(15,2)3/h7,11-12H,8-9H2,1-6H3/b13-7-. The van der Waals surface area contributed by atoms with Crippen molar-refractivity contribution in [2.75, 3.05) is 7.11 Å². The first-order chi connectivity index (χ1) is 9.73. The summed E-state index contributed by atoms with van der Waals surface area (Å²) < 4.78 is 5.59. The van der Waals surface area contributed by atoms with Gasteiger partial charge in [0.05, 0.1) is 13.2 Å². The zero-order valence-electron chi connectivity index (χ0n) is 14.0. The van der Waals surface area contributed by atoms with E-state index < -0.39 is 0 Å². The van der Waals surface area contributed by atoms with Gasteiger partial charge < -0.3 is 4.74 Å². The number of benzene rings is 1. The second kappa shape index (κ2) is 5.22. The maximum absolute atomic E-state index is 8.92. The summed E-state index contributed by atoms with van der Waals surface area (Å²) in [7, 11) is 1.70. The Morgan fingerprint density at radius 2 is 1.67 bits per heavy atom. The molecule has 0 unspecified atom stereocenters. The highest BCUT2D eigenvalue weighted by molar-refractivity contribution is 5.72. The molecule has 0 spiro atoms. The summed E-state index contributed by atoms with van der Waals surface area (Å²) in [6, 6.07) is 6.53. The molecular formula is C19H25NO. The molecule has 1 aromatic carbocycles. The van der Waals surface area contributed by atoms with Gasteiger partial charge in [0.15, 0.2) is 0 Å². The largest absolute Gasteiger partial charge is 0.496 e. The Hall–Kier alpha value is -1.75. The average molecular weight is 283 g/mol. The summed E-state index contributed by atoms with van der Waals surface area (Å²) >= 11 is 0. The Balaban J connectivity index is 2.74. The Labute approximate surface area is 128 Å². The van der Waals surface area contributed by atoms with Gasteiger partial charge in [-0.1, -0.05) is 27.7 Å². The molecule has 0 aromatic heterocycles. The van der Waals surface area contributed by atoms with Crippen molar-refractivity contribution in [3.63, 3.8) is 0 Å². The third-order valence-corrected chi connectivity index (χ3v) is 4.88. The Morgan fingerprint density at radius 1 is 1.14 bits per heavy atom. The van der Waals surface area contributed by atoms with Gasteiger partial charge in [0.2, 0.25) is 0 Å². The average Bonchev–Trinajstić information content (AvgIpc) is 2.43. The third-order valence-electron chi connectivity index (χ3n) is 4.88. The maximum atomic E-state index is 8.92. The quantitative estimate of drug-likeness (QED) is 0.718. The van der Waals surface area contributed by atoms with Gasteiger partial charge in [0.25, 0.3) is 0 Å². The van der Waals surface area contributed by atoms with Gasteiger partial charge in [-0.05, 0) is 59.4 Å². The maximum Gasteiger partial charge on any atom is 0.126 e. The van der Waals surface area contributed by atoms with Crippen molar-refractivity contribution in [1.82, 2.24) is 0 Å². The minimum Gasteiger partial charge on any atom is -0.496 e. The zero-order valence-corrected chi connectivity index (χ0v) is 14.0. The Morgan fingerprint density at radius 3 is 2.14 bits per heavy atom. The van der Waals surface area contributed by atoms with Crippen molar-refractivity contribution >= 4 is 5.57 Å². The lowest BCUT2D eigenvalue weighted by atomic mass is 9.62. The highest BCUT2D eigenvalue weighted by Gasteiger charge is 2.37. The summed E-state index contributed by atoms with van der Waals surface area (Å²) in [5.41, 5.74) is 5.09. The molecule has 2 rings (SSSR count). The van der Waals surface area contributed by atoms with Crippen LogP contribution in [0.2, 0.25) is 0 Å². The molecule has 1 aromatic rings. The van der Waals surface area contributed by atoms with Crippen molar-refractivity contribution in [2.24, 2.45) is 0 Å². The molecule has 2 nitrogen and oxygen atoms in total. The minimum atomic E-state index is 0.165. The van der Waals surface area contributed by atoms with E-state index in [0.717, 1.165) is 16.9 Å². The second-order valence-corrected chi connectivity index (χ2v) is 7.32. The van der Waals surface area contributed by atoms with Crippen molar-refractivity contribution in [1.29, 1.82) is 5.26 Å². The number of ether oxygens (including phenoxy) is 1. The van der Waals surface area contributed by atoms with E-state index in [4.69, 9.17) is 10.00 Å². The number of hydrogen-bond acceptors (Lipinski definition) is 2. The molecule has 0 amide bonds. The number of nitriles is 1. The molecular weight excluding hydrogens is 258 g/mol. The van der Waals surface area contributed by atoms with Crippen LogP contribution in [-0.2, 0) is 10.8 Å². The fourth-order valence-corrected chi connectivity index (χ4v) is 3.25. The van der Waals surface area contributed by atoms with E-state index in [1.807, 2.05) is 6.92 Å². The van der Waals surface area contributed by atoms with Crippen LogP contribution in [0.4, 0.5) is 0 Å². The molecule has 1 aliphatic carbocycles. The lowest BCUT2D eigenvalue weighted by Crippen LogP contribution is -2.34. The van der Waals surface area contributed by atoms with E-state index in [0.29, 0.717) is 0 Å². The lowest BCUT2D eigenvalue weighted by molar-refractivity contribution is 0.328. The van der Waals surface area contributed by atoms with E-state index >= 15 is 0 Å². The second-order valence-electron chi connectivity index (χ2n) is 7.32. The van der Waals surface area contributed by atoms with Gasteiger partial charge >= 0.3 is 0 Å². The van der Waals surface area contributed by atoms with Crippen LogP contribution in [-0.4, -0.2) is 7.11 Å². The van der Waals surface area contributed by atoms with E-state index in [2.05, 4.69) is 45.9 Å². The summed E-state index contributed by atoms with van der Waals surface area (Å²) in [6.45, 7) is 11.2. The Bertz CT molecular complexity index is 630. The molecule has 21 heavy (non-hydrogen) atoms. The molecule has 1 aliphatic rings. The van der Waals surface area contributed by atoms with Crippen LogP contribution in [0, 0.1) is 11.3 Å². The highest BCUT2D eigenvalue weighted by atomic mass is 16.5. The van der Waals surface area contributed by atoms with E-state index in [1.54, 1.807) is 13.2 Å². The predicted octanol–water partition coefficient (Wildman–Crippen LogP) is 4.97. The summed E-state index contributed by atoms with van der Waals surface area (Å²) in [5, 5.41) is 8.92. The molecule has 0 aliphatic heterocycles. The first-order valence-corrected chi connectivity index (χ1v) is 7.53. The van der Waals surface area contributed by atoms with Gasteiger partial charge in [-0.3, -0.25) is 0 Å². The Kier molecular flexibility index (Phi) is 3.89. The number of rotatable bonds is 2. The van der Waals surface area contributed by atoms with E-state index in [-0.39, 0.29) is 10.8 Å². The first-order valence-electron chi connectivity index (χ1n) is 7.53. The van der Waals surface area contributed by atoms with Crippen LogP contribution in [0.25, 0.3) is 5.57 Å². The molecule has 0 heterocycles. The highest BCUT2D eigenvalue weighted by Crippen LogP contribution is 2.48. The van der Waals surface area contributed by atoms with Crippen LogP contribution in [0.5, 0.6) is 5.75 Å². The van der Waals surface area contributed by atoms with Crippen LogP contribution < -0.4 is 4.74 Å². The van der Waals surface area contributed by atoms with Crippen LogP contribution in [0.3, 0.4) is 0 Å². The molecule has 0 bridgehead atoms. The predicted molar refractivity (Wildman–Crippen MR) is 87.5 cm³/mol. The first kappa shape index (κ1) is 15.6. The summed E-state index contributed by atoms with van der Waals surface area (Å²) in [4.78, 5) is 0. The molecule has 0 saturated carbocycles. The van der Waals surface area contributed by atoms with Crippen LogP contribution in [0.1, 0.15) is 64.2 Å². The van der Waals surface area contributed by atoms with Gasteiger partial charge in [-0.25, -0.2) is 0 Å². The van der Waals surface area contributed by atoms with Crippen molar-refractivity contribution in [3.8, 4) is 11.8 Å². The molecule has 112 valence electrons. The van der Waals surface area contributed by atoms with E-state index in [9.17, 15) is 0 Å². The monoisotopic (exact) mass is 283 g/mol. The molecule has 0 N–H and O–H groups in total. The van der Waals surface area contributed by atoms with Crippen molar-refractivity contribution in [2.45, 2.75) is 58.3 Å². The number of nitrogens with zero attached hydrogens (tertiary/aromatic N) is 1. The fourth-order valence-electron chi connectivity index (χ4n) is 3.25. The molecule has 0 saturated heterocycles. The van der Waals surface area contributed by atoms with Gasteiger partial charge in [-0.15, -0.1) is 0 Å². The molecule has 2 heteroatoms.